The number of para-hydroxylation sites is 1. The van der Waals surface area contributed by atoms with Gasteiger partial charge in [0.15, 0.2) is 5.76 Å². The van der Waals surface area contributed by atoms with Gasteiger partial charge in [-0.05, 0) is 62.7 Å². The zero-order chi connectivity index (χ0) is 25.0. The molecule has 0 aliphatic carbocycles. The van der Waals surface area contributed by atoms with E-state index in [9.17, 15) is 14.7 Å². The Morgan fingerprint density at radius 1 is 1.26 bits per heavy atom. The molecule has 3 atom stereocenters. The summed E-state index contributed by atoms with van der Waals surface area (Å²) in [5.74, 6) is 0.750. The lowest BCUT2D eigenvalue weighted by molar-refractivity contribution is -0.178. The van der Waals surface area contributed by atoms with E-state index in [1.54, 1.807) is 4.90 Å². The molecule has 3 aliphatic heterocycles. The molecule has 2 saturated heterocycles. The van der Waals surface area contributed by atoms with Crippen LogP contribution < -0.4 is 10.2 Å². The molecular weight excluding hydrogens is 446 g/mol. The van der Waals surface area contributed by atoms with E-state index >= 15 is 0 Å². The second kappa shape index (κ2) is 11.0. The van der Waals surface area contributed by atoms with E-state index in [-0.39, 0.29) is 30.3 Å². The average molecular weight is 486 g/mol. The molecule has 4 rings (SSSR count). The quantitative estimate of drug-likeness (QED) is 0.589. The van der Waals surface area contributed by atoms with Gasteiger partial charge in [0.2, 0.25) is 12.2 Å². The maximum absolute atomic E-state index is 13.6. The van der Waals surface area contributed by atoms with Crippen LogP contribution in [-0.4, -0.2) is 66.6 Å². The largest absolute Gasteiger partial charge is 0.459 e. The summed E-state index contributed by atoms with van der Waals surface area (Å²) < 4.78 is 12.1. The molecule has 0 radical (unpaired) electrons. The van der Waals surface area contributed by atoms with Crippen LogP contribution in [0.5, 0.6) is 0 Å². The molecule has 8 heteroatoms. The van der Waals surface area contributed by atoms with Gasteiger partial charge < -0.3 is 29.7 Å². The molecule has 3 heterocycles. The number of anilines is 1. The lowest BCUT2D eigenvalue weighted by Gasteiger charge is -2.44. The molecule has 3 aliphatic rings. The Bertz CT molecular complexity index is 911. The zero-order valence-corrected chi connectivity index (χ0v) is 21.1. The lowest BCUT2D eigenvalue weighted by Crippen LogP contribution is -2.57. The Labute approximate surface area is 208 Å². The first-order chi connectivity index (χ1) is 16.9. The van der Waals surface area contributed by atoms with Crippen molar-refractivity contribution >= 4 is 17.5 Å². The van der Waals surface area contributed by atoms with Gasteiger partial charge in [0.1, 0.15) is 5.54 Å². The topological polar surface area (TPSA) is 91.3 Å². The number of allylic oxidation sites excluding steroid dienone is 1. The molecule has 0 bridgehead atoms. The fraction of sp³-hybridized carbons (Fsp3) is 0.630. The van der Waals surface area contributed by atoms with Crippen molar-refractivity contribution in [2.24, 2.45) is 17.8 Å². The number of nitrogens with one attached hydrogen (secondary N) is 1. The first-order valence-electron chi connectivity index (χ1n) is 12.9. The fourth-order valence-corrected chi connectivity index (χ4v) is 5.79. The molecule has 8 nitrogen and oxygen atoms in total. The van der Waals surface area contributed by atoms with E-state index in [1.807, 2.05) is 43.3 Å². The van der Waals surface area contributed by atoms with Crippen LogP contribution in [0.1, 0.15) is 46.5 Å². The van der Waals surface area contributed by atoms with Crippen molar-refractivity contribution in [1.29, 1.82) is 0 Å². The SMILES string of the molecule is CCO[C@@H]1OC(C(=O)N2CCC3(CC2)C(=O)NCN3c2ccccc2)=C[C@H](C(C)C)[C@@H]1CCCO. The summed E-state index contributed by atoms with van der Waals surface area (Å²) in [4.78, 5) is 30.4. The Hall–Kier alpha value is -2.58. The highest BCUT2D eigenvalue weighted by molar-refractivity contribution is 5.95. The highest BCUT2D eigenvalue weighted by Gasteiger charge is 2.51. The number of aliphatic hydroxyl groups is 1. The van der Waals surface area contributed by atoms with Crippen molar-refractivity contribution in [2.45, 2.75) is 58.3 Å². The first kappa shape index (κ1) is 25.5. The minimum atomic E-state index is -0.635. The maximum atomic E-state index is 13.6. The minimum Gasteiger partial charge on any atom is -0.459 e. The van der Waals surface area contributed by atoms with Gasteiger partial charge in [-0.25, -0.2) is 0 Å². The summed E-state index contributed by atoms with van der Waals surface area (Å²) in [5, 5.41) is 12.4. The second-order valence-corrected chi connectivity index (χ2v) is 10.1. The third-order valence-corrected chi connectivity index (χ3v) is 7.72. The number of aliphatic hydroxyl groups excluding tert-OH is 1. The average Bonchev–Trinajstić information content (AvgIpc) is 3.18. The number of piperidine rings is 1. The number of nitrogens with zero attached hydrogens (tertiary/aromatic N) is 2. The lowest BCUT2D eigenvalue weighted by atomic mass is 9.78. The zero-order valence-electron chi connectivity index (χ0n) is 21.1. The molecule has 192 valence electrons. The van der Waals surface area contributed by atoms with E-state index in [4.69, 9.17) is 9.47 Å². The van der Waals surface area contributed by atoms with E-state index in [1.165, 1.54) is 0 Å². The predicted molar refractivity (Wildman–Crippen MR) is 133 cm³/mol. The Morgan fingerprint density at radius 2 is 1.97 bits per heavy atom. The van der Waals surface area contributed by atoms with Crippen molar-refractivity contribution < 1.29 is 24.2 Å². The number of amides is 2. The number of hydrogen-bond donors (Lipinski definition) is 2. The van der Waals surface area contributed by atoms with Gasteiger partial charge in [0.25, 0.3) is 5.91 Å². The van der Waals surface area contributed by atoms with Crippen molar-refractivity contribution in [1.82, 2.24) is 10.2 Å². The maximum Gasteiger partial charge on any atom is 0.288 e. The molecule has 2 amide bonds. The predicted octanol–water partition coefficient (Wildman–Crippen LogP) is 2.88. The molecule has 1 aromatic carbocycles. The molecule has 0 unspecified atom stereocenters. The Balaban J connectivity index is 1.49. The van der Waals surface area contributed by atoms with Gasteiger partial charge in [0, 0.05) is 37.9 Å². The number of likely N-dealkylation sites (tertiary alicyclic amines) is 1. The van der Waals surface area contributed by atoms with Crippen LogP contribution in [-0.2, 0) is 19.1 Å². The van der Waals surface area contributed by atoms with E-state index in [0.29, 0.717) is 57.3 Å². The molecule has 0 aromatic heterocycles. The van der Waals surface area contributed by atoms with Crippen LogP contribution in [0.2, 0.25) is 0 Å². The monoisotopic (exact) mass is 485 g/mol. The number of rotatable bonds is 8. The summed E-state index contributed by atoms with van der Waals surface area (Å²) in [6.45, 7) is 8.27. The number of ether oxygens (including phenoxy) is 2. The molecular formula is C27H39N3O5. The highest BCUT2D eigenvalue weighted by atomic mass is 16.7. The van der Waals surface area contributed by atoms with E-state index < -0.39 is 11.8 Å². The number of carbonyl (C=O) groups is 2. The third kappa shape index (κ3) is 5.05. The van der Waals surface area contributed by atoms with Crippen LogP contribution in [0.25, 0.3) is 0 Å². The summed E-state index contributed by atoms with van der Waals surface area (Å²) in [5.41, 5.74) is 0.376. The van der Waals surface area contributed by atoms with Gasteiger partial charge in [-0.2, -0.15) is 0 Å². The summed E-state index contributed by atoms with van der Waals surface area (Å²) >= 11 is 0. The Kier molecular flexibility index (Phi) is 8.02. The summed E-state index contributed by atoms with van der Waals surface area (Å²) in [6, 6.07) is 9.96. The molecule has 1 aromatic rings. The molecule has 2 N–H and O–H groups in total. The number of carbonyl (C=O) groups excluding carboxylic acids is 2. The van der Waals surface area contributed by atoms with Crippen LogP contribution in [0.4, 0.5) is 5.69 Å². The fourth-order valence-electron chi connectivity index (χ4n) is 5.79. The molecule has 35 heavy (non-hydrogen) atoms. The van der Waals surface area contributed by atoms with E-state index in [2.05, 4.69) is 24.1 Å². The molecule has 2 fully saturated rings. The van der Waals surface area contributed by atoms with Crippen LogP contribution in [0.15, 0.2) is 42.2 Å². The van der Waals surface area contributed by atoms with Gasteiger partial charge in [-0.15, -0.1) is 0 Å². The second-order valence-electron chi connectivity index (χ2n) is 10.1. The highest BCUT2D eigenvalue weighted by Crippen LogP contribution is 2.39. The van der Waals surface area contributed by atoms with Crippen molar-refractivity contribution in [3.8, 4) is 0 Å². The van der Waals surface area contributed by atoms with Gasteiger partial charge in [-0.1, -0.05) is 32.0 Å². The third-order valence-electron chi connectivity index (χ3n) is 7.72. The minimum absolute atomic E-state index is 0.0320. The van der Waals surface area contributed by atoms with Gasteiger partial charge in [-0.3, -0.25) is 9.59 Å². The standard InChI is InChI=1S/C27H39N3O5/c1-4-34-25-21(11-8-16-31)22(19(2)3)17-23(35-25)24(32)29-14-12-27(13-15-29)26(33)28-18-30(27)20-9-6-5-7-10-20/h5-7,9-10,17,19,21-22,25,31H,4,8,11-16,18H2,1-3H3,(H,28,33)/t21-,22+,25+/m0/s1. The smallest absolute Gasteiger partial charge is 0.288 e. The Morgan fingerprint density at radius 3 is 2.60 bits per heavy atom. The first-order valence-corrected chi connectivity index (χ1v) is 12.9. The summed E-state index contributed by atoms with van der Waals surface area (Å²) in [7, 11) is 0. The van der Waals surface area contributed by atoms with Crippen LogP contribution in [0.3, 0.4) is 0 Å². The number of hydrogen-bond acceptors (Lipinski definition) is 6. The number of benzene rings is 1. The normalized spacial score (nSPS) is 26.0. The summed E-state index contributed by atoms with van der Waals surface area (Å²) in [6.07, 6.45) is 4.04. The van der Waals surface area contributed by atoms with E-state index in [0.717, 1.165) is 12.1 Å². The van der Waals surface area contributed by atoms with Crippen LogP contribution in [0, 0.1) is 17.8 Å². The van der Waals surface area contributed by atoms with Gasteiger partial charge in [0.05, 0.1) is 6.67 Å². The van der Waals surface area contributed by atoms with Gasteiger partial charge >= 0.3 is 0 Å². The molecule has 0 saturated carbocycles. The molecule has 1 spiro atoms. The van der Waals surface area contributed by atoms with Crippen molar-refractivity contribution in [3.05, 3.63) is 42.2 Å². The van der Waals surface area contributed by atoms with Crippen molar-refractivity contribution in [2.75, 3.05) is 37.9 Å². The van der Waals surface area contributed by atoms with Crippen LogP contribution >= 0.6 is 0 Å². The van der Waals surface area contributed by atoms with Crippen molar-refractivity contribution in [3.63, 3.8) is 0 Å².